The van der Waals surface area contributed by atoms with Gasteiger partial charge in [-0.15, -0.1) is 0 Å². The molecule has 4 rings (SSSR count). The normalized spacial score (nSPS) is 24.8. The van der Waals surface area contributed by atoms with Crippen molar-refractivity contribution in [3.63, 3.8) is 0 Å². The lowest BCUT2D eigenvalue weighted by Crippen LogP contribution is -2.43. The lowest BCUT2D eigenvalue weighted by atomic mass is 9.93. The monoisotopic (exact) mass is 577 g/mol. The van der Waals surface area contributed by atoms with Gasteiger partial charge in [0.1, 0.15) is 29.5 Å². The van der Waals surface area contributed by atoms with Gasteiger partial charge in [-0.05, 0) is 39.6 Å². The number of hydrogen-bond donors (Lipinski definition) is 3. The highest BCUT2D eigenvalue weighted by molar-refractivity contribution is 7.52. The van der Waals surface area contributed by atoms with Crippen LogP contribution >= 0.6 is 7.75 Å². The quantitative estimate of drug-likeness (QED) is 0.161. The number of hydrogen-bond acceptors (Lipinski definition) is 13. The van der Waals surface area contributed by atoms with Crippen molar-refractivity contribution in [1.29, 1.82) is 0 Å². The Morgan fingerprint density at radius 2 is 2.10 bits per heavy atom. The first kappa shape index (κ1) is 29.4. The fourth-order valence-electron chi connectivity index (χ4n) is 4.21. The molecule has 1 aromatic carbocycles. The maximum Gasteiger partial charge on any atom is 0.459 e. The summed E-state index contributed by atoms with van der Waals surface area (Å²) in [7, 11) is -2.78. The van der Waals surface area contributed by atoms with Crippen molar-refractivity contribution in [2.75, 3.05) is 26.1 Å². The summed E-state index contributed by atoms with van der Waals surface area (Å²) < 4.78 is 43.1. The zero-order valence-electron chi connectivity index (χ0n) is 22.5. The predicted molar refractivity (Wildman–Crippen MR) is 144 cm³/mol. The van der Waals surface area contributed by atoms with Gasteiger partial charge in [-0.1, -0.05) is 18.2 Å². The molecule has 0 amide bonds. The molecule has 3 heterocycles. The molecule has 0 aliphatic carbocycles. The standard InChI is InChI=1S/C24H32N7O8P/c1-6-36-21(33)14(2)30-40(34,39-15-10-8-7-9-11-15)37-12-16-18(32)24(3,26-4)22(38-16)31-13-27-17-19(31)28-23(25)29-20(17)35-5/h7-11,13-14,16,18,22,32H,4,6,12H2,1-3,5H3,(H,30,34)(H2,25,28,29)/t14-,16+,18+,22+,24+,40?/m0/s1. The van der Waals surface area contributed by atoms with Crippen LogP contribution in [0.2, 0.25) is 0 Å². The third-order valence-corrected chi connectivity index (χ3v) is 7.96. The number of carbonyl (C=O) groups is 1. The Bertz CT molecular complexity index is 1410. The lowest BCUT2D eigenvalue weighted by molar-refractivity contribution is -0.144. The summed E-state index contributed by atoms with van der Waals surface area (Å²) >= 11 is 0. The first-order valence-electron chi connectivity index (χ1n) is 12.3. The molecule has 1 aliphatic rings. The number of carbonyl (C=O) groups excluding carboxylic acids is 1. The zero-order chi connectivity index (χ0) is 29.1. The molecule has 1 unspecified atom stereocenters. The highest BCUT2D eigenvalue weighted by Crippen LogP contribution is 2.48. The minimum absolute atomic E-state index is 0.0569. The topological polar surface area (TPSA) is 195 Å². The van der Waals surface area contributed by atoms with E-state index in [0.717, 1.165) is 0 Å². The third-order valence-electron chi connectivity index (χ3n) is 6.32. The Labute approximate surface area is 230 Å². The van der Waals surface area contributed by atoms with E-state index in [4.69, 9.17) is 29.0 Å². The summed E-state index contributed by atoms with van der Waals surface area (Å²) in [6, 6.07) is 7.25. The number of nitrogens with two attached hydrogens (primary N) is 1. The van der Waals surface area contributed by atoms with E-state index in [9.17, 15) is 14.5 Å². The molecular formula is C24H32N7O8P. The highest BCUT2D eigenvalue weighted by Gasteiger charge is 2.55. The molecule has 15 nitrogen and oxygen atoms in total. The summed E-state index contributed by atoms with van der Waals surface area (Å²) in [6.07, 6.45) is -1.89. The largest absolute Gasteiger partial charge is 0.479 e. The molecule has 40 heavy (non-hydrogen) atoms. The lowest BCUT2D eigenvalue weighted by Gasteiger charge is -2.28. The summed E-state index contributed by atoms with van der Waals surface area (Å²) in [4.78, 5) is 29.0. The second-order valence-corrected chi connectivity index (χ2v) is 10.8. The van der Waals surface area contributed by atoms with Gasteiger partial charge in [0.05, 0.1) is 26.7 Å². The SMILES string of the molecule is C=N[C@]1(C)[C@H](O)[C@@H](COP(=O)(N[C@@H](C)C(=O)OCC)Oc2ccccc2)O[C@H]1n1cnc2c(OC)nc(N)nc21. The molecular weight excluding hydrogens is 545 g/mol. The van der Waals surface area contributed by atoms with E-state index in [1.807, 2.05) is 0 Å². The first-order chi connectivity index (χ1) is 19.0. The highest BCUT2D eigenvalue weighted by atomic mass is 31.2. The number of anilines is 1. The number of aromatic nitrogens is 4. The summed E-state index contributed by atoms with van der Waals surface area (Å²) in [5, 5.41) is 13.8. The maximum absolute atomic E-state index is 13.8. The van der Waals surface area contributed by atoms with Crippen molar-refractivity contribution in [3.05, 3.63) is 36.7 Å². The van der Waals surface area contributed by atoms with E-state index < -0.39 is 50.3 Å². The molecule has 1 aliphatic heterocycles. The molecule has 2 aromatic heterocycles. The molecule has 16 heteroatoms. The van der Waals surface area contributed by atoms with Crippen LogP contribution in [-0.2, 0) is 23.4 Å². The Hall–Kier alpha value is -3.62. The molecule has 4 N–H and O–H groups in total. The number of benzene rings is 1. The molecule has 6 atom stereocenters. The van der Waals surface area contributed by atoms with Crippen LogP contribution in [0.1, 0.15) is 27.0 Å². The van der Waals surface area contributed by atoms with Gasteiger partial charge in [-0.2, -0.15) is 15.1 Å². The number of ether oxygens (including phenoxy) is 3. The molecule has 0 bridgehead atoms. The second kappa shape index (κ2) is 11.9. The van der Waals surface area contributed by atoms with Crippen LogP contribution in [0.3, 0.4) is 0 Å². The number of imidazole rings is 1. The number of esters is 1. The molecule has 1 fully saturated rings. The molecule has 0 radical (unpaired) electrons. The van der Waals surface area contributed by atoms with Crippen molar-refractivity contribution in [2.45, 2.75) is 50.8 Å². The van der Waals surface area contributed by atoms with E-state index in [1.54, 1.807) is 44.2 Å². The number of rotatable bonds is 12. The molecule has 0 saturated carbocycles. The van der Waals surface area contributed by atoms with Crippen LogP contribution in [-0.4, -0.2) is 81.4 Å². The van der Waals surface area contributed by atoms with Crippen LogP contribution in [0.25, 0.3) is 11.2 Å². The molecule has 0 spiro atoms. The molecule has 3 aromatic rings. The van der Waals surface area contributed by atoms with Gasteiger partial charge >= 0.3 is 13.7 Å². The van der Waals surface area contributed by atoms with E-state index in [1.165, 1.54) is 24.9 Å². The summed E-state index contributed by atoms with van der Waals surface area (Å²) in [6.45, 7) is 8.11. The Balaban J connectivity index is 1.60. The van der Waals surface area contributed by atoms with Crippen LogP contribution in [0.5, 0.6) is 11.6 Å². The average molecular weight is 578 g/mol. The Morgan fingerprint density at radius 1 is 1.38 bits per heavy atom. The number of aliphatic hydroxyl groups is 1. The number of nitrogens with one attached hydrogen (secondary N) is 1. The number of methoxy groups -OCH3 is 1. The van der Waals surface area contributed by atoms with Gasteiger partial charge in [0.15, 0.2) is 17.4 Å². The van der Waals surface area contributed by atoms with E-state index in [2.05, 4.69) is 31.7 Å². The van der Waals surface area contributed by atoms with Gasteiger partial charge in [0.2, 0.25) is 11.8 Å². The van der Waals surface area contributed by atoms with E-state index in [0.29, 0.717) is 5.52 Å². The van der Waals surface area contributed by atoms with Crippen LogP contribution in [0.4, 0.5) is 5.95 Å². The second-order valence-electron chi connectivity index (χ2n) is 9.07. The Morgan fingerprint density at radius 3 is 2.75 bits per heavy atom. The van der Waals surface area contributed by atoms with Crippen LogP contribution < -0.4 is 20.1 Å². The predicted octanol–water partition coefficient (Wildman–Crippen LogP) is 1.88. The third kappa shape index (κ3) is 5.78. The smallest absolute Gasteiger partial charge is 0.459 e. The zero-order valence-corrected chi connectivity index (χ0v) is 23.4. The summed E-state index contributed by atoms with van der Waals surface area (Å²) in [5.74, 6) is -0.312. The van der Waals surface area contributed by atoms with Crippen molar-refractivity contribution < 1.29 is 37.7 Å². The summed E-state index contributed by atoms with van der Waals surface area (Å²) in [5.41, 5.74) is 5.13. The van der Waals surface area contributed by atoms with Gasteiger partial charge in [0, 0.05) is 0 Å². The van der Waals surface area contributed by atoms with Gasteiger partial charge in [-0.3, -0.25) is 18.9 Å². The first-order valence-corrected chi connectivity index (χ1v) is 13.9. The molecule has 1 saturated heterocycles. The van der Waals surface area contributed by atoms with Crippen molar-refractivity contribution in [2.24, 2.45) is 4.99 Å². The van der Waals surface area contributed by atoms with Crippen molar-refractivity contribution >= 4 is 37.5 Å². The van der Waals surface area contributed by atoms with Gasteiger partial charge in [0.25, 0.3) is 0 Å². The number of aliphatic hydroxyl groups excluding tert-OH is 1. The number of aliphatic imine (C=N–C) groups is 1. The Kier molecular flexibility index (Phi) is 8.71. The minimum Gasteiger partial charge on any atom is -0.479 e. The molecule has 216 valence electrons. The number of nitrogen functional groups attached to an aromatic ring is 1. The van der Waals surface area contributed by atoms with Gasteiger partial charge in [-0.25, -0.2) is 9.55 Å². The number of nitrogens with zero attached hydrogens (tertiary/aromatic N) is 5. The van der Waals surface area contributed by atoms with Crippen molar-refractivity contribution in [1.82, 2.24) is 24.6 Å². The average Bonchev–Trinajstić information content (AvgIpc) is 3.46. The maximum atomic E-state index is 13.8. The van der Waals surface area contributed by atoms with E-state index in [-0.39, 0.29) is 29.8 Å². The number of para-hydroxylation sites is 1. The number of fused-ring (bicyclic) bond motifs is 1. The van der Waals surface area contributed by atoms with Crippen molar-refractivity contribution in [3.8, 4) is 11.6 Å². The van der Waals surface area contributed by atoms with Gasteiger partial charge < -0.3 is 29.6 Å². The minimum atomic E-state index is -4.20. The van der Waals surface area contributed by atoms with E-state index >= 15 is 0 Å². The fourth-order valence-corrected chi connectivity index (χ4v) is 5.71. The van der Waals surface area contributed by atoms with Crippen LogP contribution in [0, 0.1) is 0 Å². The van der Waals surface area contributed by atoms with Crippen LogP contribution in [0.15, 0.2) is 41.7 Å². The fraction of sp³-hybridized carbons (Fsp3) is 0.458.